The number of nitrogens with zero attached hydrogens (tertiary/aromatic N) is 10. The smallest absolute Gasteiger partial charge is 0.160 e. The minimum atomic E-state index is 0.174. The number of hydrogen-bond donors (Lipinski definition) is 0. The summed E-state index contributed by atoms with van der Waals surface area (Å²) in [5.41, 5.74) is 14.3. The Morgan fingerprint density at radius 3 is 1.15 bits per heavy atom. The molecule has 0 saturated carbocycles. The van der Waals surface area contributed by atoms with Gasteiger partial charge in [-0.15, -0.1) is 0 Å². The third-order valence-corrected chi connectivity index (χ3v) is 14.7. The van der Waals surface area contributed by atoms with Crippen molar-refractivity contribution in [3.63, 3.8) is 0 Å². The van der Waals surface area contributed by atoms with Crippen LogP contribution >= 0.6 is 0 Å². The molecule has 3 aromatic heterocycles. The topological polar surface area (TPSA) is 178 Å². The van der Waals surface area contributed by atoms with Gasteiger partial charge in [-0.25, -0.2) is 9.97 Å². The van der Waals surface area contributed by atoms with Gasteiger partial charge in [-0.05, 0) is 102 Å². The van der Waals surface area contributed by atoms with Crippen molar-refractivity contribution in [3.05, 3.63) is 252 Å². The minimum Gasteiger partial charge on any atom is -0.309 e. The highest BCUT2D eigenvalue weighted by atomic mass is 15.0. The first-order valence-corrected chi connectivity index (χ1v) is 25.5. The van der Waals surface area contributed by atoms with Crippen LogP contribution in [0, 0.1) is 68.0 Å². The van der Waals surface area contributed by atoms with E-state index in [2.05, 4.69) is 124 Å². The molecule has 0 radical (unpaired) electrons. The fraction of sp³-hybridized carbons (Fsp3) is 0. The Morgan fingerprint density at radius 2 is 0.688 bits per heavy atom. The summed E-state index contributed by atoms with van der Waals surface area (Å²) in [5.74, 6) is 0.525. The Labute approximate surface area is 458 Å². The third-order valence-electron chi connectivity index (χ3n) is 14.7. The Bertz CT molecular complexity index is 4690. The fourth-order valence-corrected chi connectivity index (χ4v) is 11.2. The zero-order chi connectivity index (χ0) is 54.4. The van der Waals surface area contributed by atoms with Gasteiger partial charge in [0.2, 0.25) is 0 Å². The number of rotatable bonds is 8. The molecule has 0 unspecified atom stereocenters. The van der Waals surface area contributed by atoms with Crippen LogP contribution in [0.3, 0.4) is 0 Å². The summed E-state index contributed by atoms with van der Waals surface area (Å²) >= 11 is 0. The van der Waals surface area contributed by atoms with Crippen LogP contribution in [0.5, 0.6) is 0 Å². The zero-order valence-corrected chi connectivity index (χ0v) is 42.3. The first-order chi connectivity index (χ1) is 39.4. The number of benzene rings is 10. The first kappa shape index (κ1) is 47.5. The standard InChI is InChI=1S/C70H36N10/c71-37-43-29-50(39-73)68(51(30-43)40-74)47-23-26-66-58(33-47)59-34-48(69-52(41-75)31-44(38-72)32-53(69)42-76)24-27-67(59)80(66)65-28-25-49(70-77-60(45-13-3-1-4-14-45)36-61(78-70)46-15-5-2-6-16-46)35-57(65)56-19-9-12-22-64(56)79-62-20-10-7-17-54(62)55-18-8-11-21-63(55)79/h1-36H. The molecule has 0 fully saturated rings. The molecular weight excluding hydrogens is 981 g/mol. The lowest BCUT2D eigenvalue weighted by molar-refractivity contribution is 1.15. The van der Waals surface area contributed by atoms with E-state index in [1.165, 1.54) is 24.3 Å². The van der Waals surface area contributed by atoms with E-state index >= 15 is 0 Å². The predicted molar refractivity (Wildman–Crippen MR) is 312 cm³/mol. The minimum absolute atomic E-state index is 0.174. The van der Waals surface area contributed by atoms with Gasteiger partial charge in [0.25, 0.3) is 0 Å². The SMILES string of the molecule is N#Cc1cc(C#N)c(-c2ccc3c(c2)c2cc(-c4c(C#N)cc(C#N)cc4C#N)ccc2n3-c2ccc(-c3nc(-c4ccccc4)cc(-c4ccccc4)n3)cc2-c2ccccc2-n2c3ccccc3c3ccccc32)c(C#N)c1. The molecule has 0 spiro atoms. The van der Waals surface area contributed by atoms with Crippen molar-refractivity contribution in [1.82, 2.24) is 19.1 Å². The normalized spacial score (nSPS) is 10.9. The van der Waals surface area contributed by atoms with Crippen LogP contribution in [-0.2, 0) is 0 Å². The van der Waals surface area contributed by atoms with Crippen molar-refractivity contribution in [3.8, 4) is 115 Å². The Kier molecular flexibility index (Phi) is 11.6. The lowest BCUT2D eigenvalue weighted by atomic mass is 9.91. The molecule has 13 rings (SSSR count). The predicted octanol–water partition coefficient (Wildman–Crippen LogP) is 15.9. The second-order valence-corrected chi connectivity index (χ2v) is 19.2. The van der Waals surface area contributed by atoms with Crippen molar-refractivity contribution in [1.29, 1.82) is 31.6 Å². The highest BCUT2D eigenvalue weighted by Gasteiger charge is 2.25. The van der Waals surface area contributed by atoms with Crippen LogP contribution in [0.15, 0.2) is 218 Å². The van der Waals surface area contributed by atoms with Gasteiger partial charge in [0.1, 0.15) is 0 Å². The second-order valence-electron chi connectivity index (χ2n) is 19.2. The average molecular weight is 1020 g/mol. The summed E-state index contributed by atoms with van der Waals surface area (Å²) in [6, 6.07) is 84.4. The fourth-order valence-electron chi connectivity index (χ4n) is 11.2. The van der Waals surface area contributed by atoms with Crippen molar-refractivity contribution in [2.24, 2.45) is 0 Å². The second kappa shape index (κ2) is 19.5. The van der Waals surface area contributed by atoms with Gasteiger partial charge >= 0.3 is 0 Å². The van der Waals surface area contributed by atoms with Crippen LogP contribution in [0.1, 0.15) is 33.4 Å². The van der Waals surface area contributed by atoms with Crippen molar-refractivity contribution in [2.75, 3.05) is 0 Å². The molecule has 80 heavy (non-hydrogen) atoms. The molecule has 0 aliphatic rings. The van der Waals surface area contributed by atoms with E-state index in [4.69, 9.17) is 9.97 Å². The largest absolute Gasteiger partial charge is 0.309 e. The molecular formula is C70H36N10. The quantitative estimate of drug-likeness (QED) is 0.144. The molecule has 0 atom stereocenters. The Balaban J connectivity index is 1.14. The van der Waals surface area contributed by atoms with E-state index in [-0.39, 0.29) is 33.4 Å². The summed E-state index contributed by atoms with van der Waals surface area (Å²) in [7, 11) is 0. The van der Waals surface area contributed by atoms with Crippen molar-refractivity contribution < 1.29 is 0 Å². The Morgan fingerprint density at radius 1 is 0.287 bits per heavy atom. The summed E-state index contributed by atoms with van der Waals surface area (Å²) in [6.07, 6.45) is 0. The van der Waals surface area contributed by atoms with Gasteiger partial charge in [-0.1, -0.05) is 127 Å². The van der Waals surface area contributed by atoms with Gasteiger partial charge in [0.05, 0.1) is 115 Å². The monoisotopic (exact) mass is 1020 g/mol. The summed E-state index contributed by atoms with van der Waals surface area (Å²) in [4.78, 5) is 10.6. The Hall–Kier alpha value is -12.2. The van der Waals surface area contributed by atoms with E-state index in [0.717, 1.165) is 94.2 Å². The number of hydrogen-bond acceptors (Lipinski definition) is 8. The molecule has 10 aromatic carbocycles. The van der Waals surface area contributed by atoms with E-state index in [1.807, 2.05) is 115 Å². The van der Waals surface area contributed by atoms with Gasteiger partial charge in [0.15, 0.2) is 5.82 Å². The molecule has 0 amide bonds. The van der Waals surface area contributed by atoms with Gasteiger partial charge < -0.3 is 9.13 Å². The summed E-state index contributed by atoms with van der Waals surface area (Å²) in [6.45, 7) is 0. The summed E-state index contributed by atoms with van der Waals surface area (Å²) in [5, 5.41) is 65.4. The maximum absolute atomic E-state index is 10.5. The molecule has 0 N–H and O–H groups in total. The average Bonchev–Trinajstić information content (AvgIpc) is 4.10. The van der Waals surface area contributed by atoms with Crippen molar-refractivity contribution >= 4 is 43.6 Å². The lowest BCUT2D eigenvalue weighted by Gasteiger charge is -2.20. The number of para-hydroxylation sites is 3. The third kappa shape index (κ3) is 7.84. The zero-order valence-electron chi connectivity index (χ0n) is 42.3. The van der Waals surface area contributed by atoms with Crippen LogP contribution < -0.4 is 0 Å². The maximum Gasteiger partial charge on any atom is 0.160 e. The highest BCUT2D eigenvalue weighted by molar-refractivity contribution is 6.13. The first-order valence-electron chi connectivity index (χ1n) is 25.5. The molecule has 13 aromatic rings. The van der Waals surface area contributed by atoms with Crippen molar-refractivity contribution in [2.45, 2.75) is 0 Å². The molecule has 366 valence electrons. The summed E-state index contributed by atoms with van der Waals surface area (Å²) < 4.78 is 4.51. The molecule has 10 heteroatoms. The van der Waals surface area contributed by atoms with Gasteiger partial charge in [-0.3, -0.25) is 0 Å². The highest BCUT2D eigenvalue weighted by Crippen LogP contribution is 2.45. The van der Waals surface area contributed by atoms with Gasteiger partial charge in [0, 0.05) is 60.5 Å². The molecule has 10 nitrogen and oxygen atoms in total. The molecule has 0 bridgehead atoms. The molecule has 3 heterocycles. The molecule has 0 aliphatic carbocycles. The van der Waals surface area contributed by atoms with Crippen LogP contribution in [0.25, 0.3) is 122 Å². The van der Waals surface area contributed by atoms with E-state index < -0.39 is 0 Å². The number of aromatic nitrogens is 4. The number of nitriles is 6. The molecule has 0 saturated heterocycles. The maximum atomic E-state index is 10.5. The molecule has 0 aliphatic heterocycles. The van der Waals surface area contributed by atoms with Crippen LogP contribution in [0.2, 0.25) is 0 Å². The van der Waals surface area contributed by atoms with Crippen LogP contribution in [0.4, 0.5) is 0 Å². The lowest BCUT2D eigenvalue weighted by Crippen LogP contribution is -2.03. The van der Waals surface area contributed by atoms with E-state index in [9.17, 15) is 31.6 Å². The number of fused-ring (bicyclic) bond motifs is 6. The van der Waals surface area contributed by atoms with Gasteiger partial charge in [-0.2, -0.15) is 31.6 Å². The van der Waals surface area contributed by atoms with Crippen LogP contribution in [-0.4, -0.2) is 19.1 Å². The van der Waals surface area contributed by atoms with E-state index in [1.54, 1.807) is 0 Å². The van der Waals surface area contributed by atoms with E-state index in [0.29, 0.717) is 28.1 Å².